The first-order valence-corrected chi connectivity index (χ1v) is 4.71. The molecule has 0 aliphatic carbocycles. The molecule has 0 bridgehead atoms. The Hall–Kier alpha value is 0.514. The molecule has 0 fully saturated rings. The van der Waals surface area contributed by atoms with Gasteiger partial charge in [0.05, 0.1) is 0 Å². The second kappa shape index (κ2) is 16.9. The topological polar surface area (TPSA) is 95.5 Å². The van der Waals surface area contributed by atoms with E-state index in [1.54, 1.807) is 18.7 Å². The Kier molecular flexibility index (Phi) is 23.5. The van der Waals surface area contributed by atoms with Gasteiger partial charge in [-0.15, -0.1) is 25.9 Å². The summed E-state index contributed by atoms with van der Waals surface area (Å²) in [4.78, 5) is 1.60. The molecule has 88 valence electrons. The molecule has 15 heavy (non-hydrogen) atoms. The first-order valence-electron chi connectivity index (χ1n) is 4.71. The molecule has 5 nitrogen and oxygen atoms in total. The van der Waals surface area contributed by atoms with E-state index in [0.717, 1.165) is 0 Å². The summed E-state index contributed by atoms with van der Waals surface area (Å²) in [6.07, 6.45) is -0.417. The predicted octanol–water partition coefficient (Wildman–Crippen LogP) is -3.88. The van der Waals surface area contributed by atoms with E-state index in [9.17, 15) is 20.4 Å². The zero-order chi connectivity index (χ0) is 11.4. The summed E-state index contributed by atoms with van der Waals surface area (Å²) in [5, 5.41) is 39.7. The molecule has 0 aromatic rings. The third kappa shape index (κ3) is 25.1. The van der Waals surface area contributed by atoms with Crippen molar-refractivity contribution >= 4 is 0 Å². The average Bonchev–Trinajstić information content (AvgIpc) is 2.04. The van der Waals surface area contributed by atoms with Crippen molar-refractivity contribution in [3.8, 4) is 0 Å². The fraction of sp³-hybridized carbons (Fsp3) is 1.00. The van der Waals surface area contributed by atoms with Gasteiger partial charge in [0.1, 0.15) is 0 Å². The Morgan fingerprint density at radius 3 is 1.20 bits per heavy atom. The second-order valence-electron chi connectivity index (χ2n) is 3.00. The monoisotopic (exact) mass is 253 g/mol. The molecule has 0 spiro atoms. The molecule has 0 saturated carbocycles. The summed E-state index contributed by atoms with van der Waals surface area (Å²) in [5.41, 5.74) is 0. The zero-order valence-corrected chi connectivity index (χ0v) is 11.0. The van der Waals surface area contributed by atoms with Gasteiger partial charge in [0.15, 0.2) is 0 Å². The van der Waals surface area contributed by atoms with E-state index in [4.69, 9.17) is 0 Å². The van der Waals surface area contributed by atoms with Crippen LogP contribution in [0.2, 0.25) is 0 Å². The van der Waals surface area contributed by atoms with E-state index in [-0.39, 0.29) is 41.5 Å². The summed E-state index contributed by atoms with van der Waals surface area (Å²) in [5.74, 6) is 0. The maximum Gasteiger partial charge on any atom is 4.00 e. The Morgan fingerprint density at radius 1 is 0.867 bits per heavy atom. The van der Waals surface area contributed by atoms with Crippen LogP contribution in [0.4, 0.5) is 0 Å². The van der Waals surface area contributed by atoms with Crippen molar-refractivity contribution in [2.75, 3.05) is 39.5 Å². The van der Waals surface area contributed by atoms with E-state index in [1.165, 1.54) is 0 Å². The number of hydrogen-bond acceptors (Lipinski definition) is 5. The van der Waals surface area contributed by atoms with E-state index >= 15 is 0 Å². The molecule has 0 aromatic carbocycles. The summed E-state index contributed by atoms with van der Waals surface area (Å²) in [6.45, 7) is 3.49. The summed E-state index contributed by atoms with van der Waals surface area (Å²) >= 11 is 0. The molecular weight excluding hydrogens is 234 g/mol. The van der Waals surface area contributed by atoms with Crippen LogP contribution in [0.5, 0.6) is 0 Å². The van der Waals surface area contributed by atoms with E-state index in [0.29, 0.717) is 19.6 Å². The molecule has 0 radical (unpaired) electrons. The fourth-order valence-electron chi connectivity index (χ4n) is 0.723. The normalized spacial score (nSPS) is 9.60. The molecule has 0 amide bonds. The third-order valence-electron chi connectivity index (χ3n) is 1.22. The van der Waals surface area contributed by atoms with Gasteiger partial charge in [-0.25, -0.2) is 0 Å². The molecule has 0 aromatic heterocycles. The van der Waals surface area contributed by atoms with Crippen LogP contribution in [-0.4, -0.2) is 50.5 Å². The standard InChI is InChI=1S/C6H12NO3.C3H7O.Ti/c8-4-1-7(2-5-9)3-6-10;1-3(2)4;/h1-6H2;3H,1-2H3;/q-3;-1;+4. The smallest absolute Gasteiger partial charge is 0.854 e. The number of nitrogens with zero attached hydrogens (tertiary/aromatic N) is 1. The van der Waals surface area contributed by atoms with Crippen molar-refractivity contribution in [2.24, 2.45) is 0 Å². The van der Waals surface area contributed by atoms with Gasteiger partial charge in [-0.1, -0.05) is 13.8 Å². The third-order valence-corrected chi connectivity index (χ3v) is 1.22. The van der Waals surface area contributed by atoms with Crippen LogP contribution >= 0.6 is 0 Å². The van der Waals surface area contributed by atoms with Crippen LogP contribution in [0.15, 0.2) is 0 Å². The maximum absolute atomic E-state index is 10.0. The SMILES string of the molecule is CC(C)[O-].[O-]CCN(CC[O-])CC[O-].[Ti+4]. The zero-order valence-electron chi connectivity index (χ0n) is 9.40. The Morgan fingerprint density at radius 2 is 1.07 bits per heavy atom. The first-order chi connectivity index (χ1) is 6.58. The van der Waals surface area contributed by atoms with Gasteiger partial charge in [-0.05, 0) is 19.6 Å². The van der Waals surface area contributed by atoms with Crippen LogP contribution in [-0.2, 0) is 21.7 Å². The summed E-state index contributed by atoms with van der Waals surface area (Å²) in [6, 6.07) is 0. The van der Waals surface area contributed by atoms with Crippen LogP contribution in [0, 0.1) is 0 Å². The largest absolute Gasteiger partial charge is 4.00 e. The van der Waals surface area contributed by atoms with Crippen LogP contribution in [0.1, 0.15) is 13.8 Å². The van der Waals surface area contributed by atoms with E-state index in [1.807, 2.05) is 0 Å². The minimum atomic E-state index is -0.417. The number of hydrogen-bond donors (Lipinski definition) is 0. The van der Waals surface area contributed by atoms with Crippen molar-refractivity contribution in [2.45, 2.75) is 20.0 Å². The summed E-state index contributed by atoms with van der Waals surface area (Å²) < 4.78 is 0. The number of rotatable bonds is 6. The van der Waals surface area contributed by atoms with Gasteiger partial charge in [0, 0.05) is 0 Å². The molecule has 0 aliphatic heterocycles. The van der Waals surface area contributed by atoms with Crippen LogP contribution in [0.25, 0.3) is 0 Å². The van der Waals surface area contributed by atoms with Gasteiger partial charge in [0.2, 0.25) is 0 Å². The van der Waals surface area contributed by atoms with Crippen molar-refractivity contribution < 1.29 is 42.1 Å². The predicted molar refractivity (Wildman–Crippen MR) is 46.2 cm³/mol. The van der Waals surface area contributed by atoms with Gasteiger partial charge >= 0.3 is 21.7 Å². The average molecular weight is 253 g/mol. The van der Waals surface area contributed by atoms with E-state index < -0.39 is 6.10 Å². The molecule has 0 unspecified atom stereocenters. The van der Waals surface area contributed by atoms with Crippen molar-refractivity contribution in [3.63, 3.8) is 0 Å². The molecule has 0 N–H and O–H groups in total. The molecule has 0 aliphatic rings. The van der Waals surface area contributed by atoms with Gasteiger partial charge in [0.25, 0.3) is 0 Å². The quantitative estimate of drug-likeness (QED) is 0.451. The van der Waals surface area contributed by atoms with Crippen LogP contribution < -0.4 is 20.4 Å². The summed E-state index contributed by atoms with van der Waals surface area (Å²) in [7, 11) is 0. The minimum absolute atomic E-state index is 0. The van der Waals surface area contributed by atoms with Crippen molar-refractivity contribution in [1.82, 2.24) is 4.90 Å². The van der Waals surface area contributed by atoms with Crippen molar-refractivity contribution in [1.29, 1.82) is 0 Å². The van der Waals surface area contributed by atoms with Crippen LogP contribution in [0.3, 0.4) is 0 Å². The molecule has 0 atom stereocenters. The maximum atomic E-state index is 10.0. The van der Waals surface area contributed by atoms with Gasteiger partial charge < -0.3 is 25.3 Å². The molecule has 0 heterocycles. The minimum Gasteiger partial charge on any atom is -0.854 e. The Bertz CT molecular complexity index is 89.1. The van der Waals surface area contributed by atoms with Gasteiger partial charge in [-0.3, -0.25) is 0 Å². The first kappa shape index (κ1) is 20.9. The fourth-order valence-corrected chi connectivity index (χ4v) is 0.723. The van der Waals surface area contributed by atoms with E-state index in [2.05, 4.69) is 0 Å². The van der Waals surface area contributed by atoms with Crippen molar-refractivity contribution in [3.05, 3.63) is 0 Å². The molecule has 0 saturated heterocycles. The van der Waals surface area contributed by atoms with Gasteiger partial charge in [-0.2, -0.15) is 0 Å². The Labute approximate surface area is 107 Å². The molecule has 6 heteroatoms. The second-order valence-corrected chi connectivity index (χ2v) is 3.00. The molecular formula is C9H19NO4Ti. The Balaban J connectivity index is -0.000000249. The molecule has 0 rings (SSSR count).